The number of carbonyl (C=O) groups excluding carboxylic acids is 1. The number of nitrogens with zero attached hydrogens (tertiary/aromatic N) is 8. The maximum atomic E-state index is 12.9. The average molecular weight is 485 g/mol. The van der Waals surface area contributed by atoms with Gasteiger partial charge in [-0.1, -0.05) is 35.0 Å². The van der Waals surface area contributed by atoms with Gasteiger partial charge in [-0.3, -0.25) is 9.69 Å². The molecule has 10 nitrogen and oxygen atoms in total. The van der Waals surface area contributed by atoms with Crippen molar-refractivity contribution in [2.75, 3.05) is 26.2 Å². The van der Waals surface area contributed by atoms with Crippen LogP contribution in [0.15, 0.2) is 35.0 Å². The monoisotopic (exact) mass is 484 g/mol. The smallest absolute Gasteiger partial charge is 0.241 e. The van der Waals surface area contributed by atoms with E-state index in [1.54, 1.807) is 4.52 Å². The van der Waals surface area contributed by atoms with Gasteiger partial charge >= 0.3 is 0 Å². The lowest BCUT2D eigenvalue weighted by atomic mass is 10.1. The largest absolute Gasteiger partial charge is 0.340 e. The van der Waals surface area contributed by atoms with Gasteiger partial charge in [0.05, 0.1) is 12.7 Å². The Hall–Kier alpha value is -4.10. The fourth-order valence-corrected chi connectivity index (χ4v) is 4.63. The minimum atomic E-state index is 0.131. The lowest BCUT2D eigenvalue weighted by molar-refractivity contribution is -0.133. The Morgan fingerprint density at radius 3 is 2.56 bits per heavy atom. The van der Waals surface area contributed by atoms with Gasteiger partial charge in [0, 0.05) is 49.6 Å². The van der Waals surface area contributed by atoms with E-state index in [-0.39, 0.29) is 5.91 Å². The first-order valence-electron chi connectivity index (χ1n) is 12.1. The topological polar surface area (TPSA) is 116 Å². The van der Waals surface area contributed by atoms with E-state index in [9.17, 15) is 10.1 Å². The second-order valence-corrected chi connectivity index (χ2v) is 9.20. The summed E-state index contributed by atoms with van der Waals surface area (Å²) in [5, 5.41) is 17.6. The number of fused-ring (bicyclic) bond motifs is 1. The molecule has 0 atom stereocenters. The van der Waals surface area contributed by atoms with Crippen molar-refractivity contribution in [1.29, 1.82) is 5.26 Å². The number of rotatable bonds is 6. The predicted octanol–water partition coefficient (Wildman–Crippen LogP) is 2.85. The van der Waals surface area contributed by atoms with Crippen molar-refractivity contribution >= 4 is 11.6 Å². The Labute approximate surface area is 209 Å². The van der Waals surface area contributed by atoms with Crippen molar-refractivity contribution in [3.05, 3.63) is 64.4 Å². The maximum Gasteiger partial charge on any atom is 0.241 e. The molecule has 4 heterocycles. The summed E-state index contributed by atoms with van der Waals surface area (Å²) in [5.41, 5.74) is 5.89. The van der Waals surface area contributed by atoms with Crippen LogP contribution in [-0.4, -0.2) is 66.6 Å². The highest BCUT2D eigenvalue weighted by molar-refractivity contribution is 5.76. The third-order valence-electron chi connectivity index (χ3n) is 6.78. The molecule has 4 aromatic rings. The summed E-state index contributed by atoms with van der Waals surface area (Å²) in [7, 11) is 0. The molecular formula is C26H28N8O2. The maximum absolute atomic E-state index is 12.9. The van der Waals surface area contributed by atoms with Gasteiger partial charge < -0.3 is 9.42 Å². The molecule has 1 aliphatic rings. The predicted molar refractivity (Wildman–Crippen MR) is 132 cm³/mol. The number of carbonyl (C=O) groups is 1. The minimum absolute atomic E-state index is 0.131. The number of amides is 1. The molecule has 0 bridgehead atoms. The fraction of sp³-hybridized carbons (Fsp3) is 0.385. The zero-order chi connectivity index (χ0) is 25.2. The first-order chi connectivity index (χ1) is 17.4. The first-order valence-corrected chi connectivity index (χ1v) is 12.1. The van der Waals surface area contributed by atoms with Crippen molar-refractivity contribution in [2.24, 2.45) is 0 Å². The molecule has 0 radical (unpaired) electrons. The highest BCUT2D eigenvalue weighted by Gasteiger charge is 2.23. The quantitative estimate of drug-likeness (QED) is 0.410. The fourth-order valence-electron chi connectivity index (χ4n) is 4.63. The van der Waals surface area contributed by atoms with Crippen LogP contribution >= 0.6 is 0 Å². The molecule has 0 spiro atoms. The molecule has 184 valence electrons. The van der Waals surface area contributed by atoms with E-state index in [1.165, 1.54) is 11.8 Å². The minimum Gasteiger partial charge on any atom is -0.340 e. The third kappa shape index (κ3) is 4.70. The summed E-state index contributed by atoms with van der Waals surface area (Å²) in [5.74, 6) is 1.31. The first kappa shape index (κ1) is 23.6. The lowest BCUT2D eigenvalue weighted by Crippen LogP contribution is -2.48. The zero-order valence-electron chi connectivity index (χ0n) is 20.7. The molecule has 10 heteroatoms. The molecule has 1 aromatic carbocycles. The summed E-state index contributed by atoms with van der Waals surface area (Å²) < 4.78 is 7.15. The van der Waals surface area contributed by atoms with Crippen LogP contribution in [0.4, 0.5) is 0 Å². The lowest BCUT2D eigenvalue weighted by Gasteiger charge is -2.34. The Kier molecular flexibility index (Phi) is 6.48. The molecule has 0 saturated carbocycles. The Morgan fingerprint density at radius 2 is 1.83 bits per heavy atom. The summed E-state index contributed by atoms with van der Waals surface area (Å²) in [6, 6.07) is 10.2. The van der Waals surface area contributed by atoms with Crippen molar-refractivity contribution in [2.45, 2.75) is 40.2 Å². The van der Waals surface area contributed by atoms with Gasteiger partial charge in [0.25, 0.3) is 0 Å². The van der Waals surface area contributed by atoms with Gasteiger partial charge in [-0.05, 0) is 32.8 Å². The summed E-state index contributed by atoms with van der Waals surface area (Å²) in [4.78, 5) is 26.2. The van der Waals surface area contributed by atoms with Crippen LogP contribution < -0.4 is 0 Å². The number of aromatic nitrogens is 5. The molecular weight excluding hydrogens is 456 g/mol. The highest BCUT2D eigenvalue weighted by Crippen LogP contribution is 2.20. The Bertz CT molecular complexity index is 1440. The van der Waals surface area contributed by atoms with E-state index >= 15 is 0 Å². The number of benzene rings is 1. The standard InChI is InChI=1S/C26H28N8O2/c1-17-4-6-20(7-5-17)25-30-23(36-31-25)16-32-10-12-33(13-11-32)24(35)9-8-22-18(2)29-26-21(14-27)15-28-34(26)19(22)3/h4-7,15H,8-13,16H2,1-3H3. The molecule has 1 aliphatic heterocycles. The molecule has 5 rings (SSSR count). The van der Waals surface area contributed by atoms with Gasteiger partial charge in [0.1, 0.15) is 11.6 Å². The Morgan fingerprint density at radius 1 is 1.08 bits per heavy atom. The molecule has 0 aliphatic carbocycles. The summed E-state index contributed by atoms with van der Waals surface area (Å²) in [6.45, 7) is 9.32. The number of piperazine rings is 1. The van der Waals surface area contributed by atoms with E-state index in [0.29, 0.717) is 55.4 Å². The molecule has 0 unspecified atom stereocenters. The van der Waals surface area contributed by atoms with Gasteiger partial charge in [-0.15, -0.1) is 0 Å². The van der Waals surface area contributed by atoms with Crippen LogP contribution in [0.5, 0.6) is 0 Å². The highest BCUT2D eigenvalue weighted by atomic mass is 16.5. The van der Waals surface area contributed by atoms with E-state index < -0.39 is 0 Å². The second kappa shape index (κ2) is 9.87. The Balaban J connectivity index is 1.14. The van der Waals surface area contributed by atoms with Gasteiger partial charge in [0.2, 0.25) is 17.6 Å². The number of aryl methyl sites for hydroxylation is 3. The average Bonchev–Trinajstić information content (AvgIpc) is 3.51. The van der Waals surface area contributed by atoms with Crippen LogP contribution in [0.25, 0.3) is 17.0 Å². The van der Waals surface area contributed by atoms with Crippen molar-refractivity contribution in [1.82, 2.24) is 34.5 Å². The van der Waals surface area contributed by atoms with Crippen molar-refractivity contribution in [3.8, 4) is 17.5 Å². The number of hydrogen-bond donors (Lipinski definition) is 0. The molecule has 36 heavy (non-hydrogen) atoms. The van der Waals surface area contributed by atoms with Crippen LogP contribution in [0.3, 0.4) is 0 Å². The third-order valence-corrected chi connectivity index (χ3v) is 6.78. The second-order valence-electron chi connectivity index (χ2n) is 9.20. The zero-order valence-corrected chi connectivity index (χ0v) is 20.7. The number of hydrogen-bond acceptors (Lipinski definition) is 8. The van der Waals surface area contributed by atoms with Crippen LogP contribution in [0.1, 0.15) is 40.4 Å². The van der Waals surface area contributed by atoms with Crippen molar-refractivity contribution in [3.63, 3.8) is 0 Å². The van der Waals surface area contributed by atoms with E-state index in [1.807, 2.05) is 49.9 Å². The normalized spacial score (nSPS) is 14.3. The molecule has 1 saturated heterocycles. The van der Waals surface area contributed by atoms with E-state index in [0.717, 1.165) is 35.6 Å². The van der Waals surface area contributed by atoms with Crippen molar-refractivity contribution < 1.29 is 9.32 Å². The number of nitriles is 1. The van der Waals surface area contributed by atoms with Crippen LogP contribution in [0, 0.1) is 32.1 Å². The van der Waals surface area contributed by atoms with E-state index in [2.05, 4.69) is 31.2 Å². The van der Waals surface area contributed by atoms with Gasteiger partial charge in [0.15, 0.2) is 5.65 Å². The summed E-state index contributed by atoms with van der Waals surface area (Å²) in [6.07, 6.45) is 2.52. The van der Waals surface area contributed by atoms with Crippen LogP contribution in [-0.2, 0) is 17.8 Å². The van der Waals surface area contributed by atoms with Gasteiger partial charge in [-0.25, -0.2) is 9.50 Å². The van der Waals surface area contributed by atoms with E-state index in [4.69, 9.17) is 4.52 Å². The molecule has 1 amide bonds. The SMILES string of the molecule is Cc1ccc(-c2noc(CN3CCN(C(=O)CCc4c(C)nc5c(C#N)cnn5c4C)CC3)n2)cc1. The molecule has 3 aromatic heterocycles. The molecule has 1 fully saturated rings. The van der Waals surface area contributed by atoms with Crippen LogP contribution in [0.2, 0.25) is 0 Å². The van der Waals surface area contributed by atoms with Gasteiger partial charge in [-0.2, -0.15) is 15.3 Å². The molecule has 0 N–H and O–H groups in total. The summed E-state index contributed by atoms with van der Waals surface area (Å²) >= 11 is 0.